The molecule has 1 heterocycles. The van der Waals surface area contributed by atoms with E-state index in [1.54, 1.807) is 6.08 Å². The Kier molecular flexibility index (Phi) is 5.46. The lowest BCUT2D eigenvalue weighted by molar-refractivity contribution is 0.0286. The minimum absolute atomic E-state index is 0.0830. The second kappa shape index (κ2) is 7.95. The first-order valence-electron chi connectivity index (χ1n) is 8.03. The largest absolute Gasteiger partial charge is 0.490 e. The summed E-state index contributed by atoms with van der Waals surface area (Å²) in [6.45, 7) is 1.17. The maximum absolute atomic E-state index is 10.0. The molecule has 3 heteroatoms. The molecule has 2 atom stereocenters. The minimum Gasteiger partial charge on any atom is -0.490 e. The molecule has 1 aliphatic rings. The zero-order valence-corrected chi connectivity index (χ0v) is 13.1. The van der Waals surface area contributed by atoms with Gasteiger partial charge < -0.3 is 14.6 Å². The molecule has 1 N–H and O–H groups in total. The van der Waals surface area contributed by atoms with Gasteiger partial charge in [-0.05, 0) is 17.2 Å². The summed E-state index contributed by atoms with van der Waals surface area (Å²) in [6, 6.07) is 20.1. The molecule has 2 aromatic carbocycles. The van der Waals surface area contributed by atoms with E-state index in [2.05, 4.69) is 0 Å². The van der Waals surface area contributed by atoms with Crippen LogP contribution in [0.4, 0.5) is 0 Å². The van der Waals surface area contributed by atoms with Crippen LogP contribution in [0.25, 0.3) is 0 Å². The Balaban J connectivity index is 1.49. The van der Waals surface area contributed by atoms with Crippen molar-refractivity contribution in [3.8, 4) is 0 Å². The quantitative estimate of drug-likeness (QED) is 0.820. The van der Waals surface area contributed by atoms with Crippen LogP contribution in [-0.2, 0) is 16.1 Å². The van der Waals surface area contributed by atoms with E-state index in [1.165, 1.54) is 0 Å². The third-order valence-electron chi connectivity index (χ3n) is 3.90. The van der Waals surface area contributed by atoms with Crippen LogP contribution in [0.3, 0.4) is 0 Å². The number of rotatable bonds is 6. The third kappa shape index (κ3) is 4.68. The summed E-state index contributed by atoms with van der Waals surface area (Å²) in [7, 11) is 0. The normalized spacial score (nSPS) is 20.7. The molecule has 0 bridgehead atoms. The Hall–Kier alpha value is -2.10. The Morgan fingerprint density at radius 1 is 1.00 bits per heavy atom. The summed E-state index contributed by atoms with van der Waals surface area (Å²) < 4.78 is 11.7. The van der Waals surface area contributed by atoms with Crippen LogP contribution in [0.2, 0.25) is 0 Å². The summed E-state index contributed by atoms with van der Waals surface area (Å²) in [6.07, 6.45) is 2.52. The maximum Gasteiger partial charge on any atom is 0.126 e. The SMILES string of the molecule is O[C@@H]1C=C(CCOCc2ccccc2)O[C@H](c2ccccc2)C1. The Morgan fingerprint density at radius 2 is 1.70 bits per heavy atom. The van der Waals surface area contributed by atoms with Crippen molar-refractivity contribution in [1.82, 2.24) is 0 Å². The molecule has 0 aliphatic carbocycles. The summed E-state index contributed by atoms with van der Waals surface area (Å²) in [4.78, 5) is 0. The molecule has 120 valence electrons. The fraction of sp³-hybridized carbons (Fsp3) is 0.300. The molecule has 0 unspecified atom stereocenters. The molecule has 0 saturated heterocycles. The van der Waals surface area contributed by atoms with E-state index in [1.807, 2.05) is 60.7 Å². The van der Waals surface area contributed by atoms with Gasteiger partial charge in [-0.1, -0.05) is 60.7 Å². The van der Waals surface area contributed by atoms with E-state index >= 15 is 0 Å². The summed E-state index contributed by atoms with van der Waals surface area (Å²) in [5, 5.41) is 10.0. The first-order chi connectivity index (χ1) is 11.3. The smallest absolute Gasteiger partial charge is 0.126 e. The van der Waals surface area contributed by atoms with E-state index in [0.717, 1.165) is 16.9 Å². The average molecular weight is 310 g/mol. The van der Waals surface area contributed by atoms with E-state index in [0.29, 0.717) is 26.1 Å². The number of hydrogen-bond donors (Lipinski definition) is 1. The van der Waals surface area contributed by atoms with Gasteiger partial charge in [-0.25, -0.2) is 0 Å². The van der Waals surface area contributed by atoms with E-state index in [-0.39, 0.29) is 6.10 Å². The zero-order valence-electron chi connectivity index (χ0n) is 13.1. The number of ether oxygens (including phenoxy) is 2. The highest BCUT2D eigenvalue weighted by Gasteiger charge is 2.23. The van der Waals surface area contributed by atoms with Gasteiger partial charge in [0.25, 0.3) is 0 Å². The monoisotopic (exact) mass is 310 g/mol. The van der Waals surface area contributed by atoms with E-state index in [4.69, 9.17) is 9.47 Å². The van der Waals surface area contributed by atoms with Crippen LogP contribution in [0.1, 0.15) is 30.1 Å². The van der Waals surface area contributed by atoms with Gasteiger partial charge in [-0.2, -0.15) is 0 Å². The van der Waals surface area contributed by atoms with Crippen LogP contribution in [0.5, 0.6) is 0 Å². The topological polar surface area (TPSA) is 38.7 Å². The van der Waals surface area contributed by atoms with Crippen molar-refractivity contribution in [1.29, 1.82) is 0 Å². The van der Waals surface area contributed by atoms with Crippen molar-refractivity contribution in [2.75, 3.05) is 6.61 Å². The predicted octanol–water partition coefficient (Wildman–Crippen LogP) is 4.00. The number of aliphatic hydroxyl groups is 1. The number of hydrogen-bond acceptors (Lipinski definition) is 3. The first-order valence-corrected chi connectivity index (χ1v) is 8.03. The van der Waals surface area contributed by atoms with Crippen molar-refractivity contribution < 1.29 is 14.6 Å². The van der Waals surface area contributed by atoms with Crippen molar-refractivity contribution >= 4 is 0 Å². The number of benzene rings is 2. The molecule has 3 nitrogen and oxygen atoms in total. The molecule has 2 aromatic rings. The number of aliphatic hydroxyl groups excluding tert-OH is 1. The highest BCUT2D eigenvalue weighted by atomic mass is 16.5. The van der Waals surface area contributed by atoms with Crippen molar-refractivity contribution in [2.45, 2.75) is 31.7 Å². The van der Waals surface area contributed by atoms with Gasteiger partial charge in [-0.15, -0.1) is 0 Å². The lowest BCUT2D eigenvalue weighted by atomic mass is 10.00. The predicted molar refractivity (Wildman–Crippen MR) is 89.7 cm³/mol. The van der Waals surface area contributed by atoms with Gasteiger partial charge in [0.15, 0.2) is 0 Å². The molecule has 3 rings (SSSR count). The second-order valence-corrected chi connectivity index (χ2v) is 5.74. The Bertz CT molecular complexity index is 622. The van der Waals surface area contributed by atoms with Gasteiger partial charge in [0.1, 0.15) is 6.10 Å². The molecule has 0 spiro atoms. The Morgan fingerprint density at radius 3 is 2.43 bits per heavy atom. The van der Waals surface area contributed by atoms with Gasteiger partial charge in [-0.3, -0.25) is 0 Å². The molecule has 0 fully saturated rings. The molecule has 0 aromatic heterocycles. The fourth-order valence-corrected chi connectivity index (χ4v) is 2.72. The highest BCUT2D eigenvalue weighted by molar-refractivity contribution is 5.20. The molecule has 1 aliphatic heterocycles. The van der Waals surface area contributed by atoms with Crippen LogP contribution >= 0.6 is 0 Å². The van der Waals surface area contributed by atoms with Gasteiger partial charge in [0, 0.05) is 12.8 Å². The van der Waals surface area contributed by atoms with Gasteiger partial charge in [0.2, 0.25) is 0 Å². The van der Waals surface area contributed by atoms with Crippen molar-refractivity contribution in [3.05, 3.63) is 83.6 Å². The lowest BCUT2D eigenvalue weighted by Crippen LogP contribution is -2.19. The van der Waals surface area contributed by atoms with Crippen LogP contribution in [0, 0.1) is 0 Å². The average Bonchev–Trinajstić information content (AvgIpc) is 2.60. The summed E-state index contributed by atoms with van der Waals surface area (Å²) >= 11 is 0. The molecule has 23 heavy (non-hydrogen) atoms. The highest BCUT2D eigenvalue weighted by Crippen LogP contribution is 2.31. The van der Waals surface area contributed by atoms with E-state index < -0.39 is 6.10 Å². The fourth-order valence-electron chi connectivity index (χ4n) is 2.72. The molecule has 0 amide bonds. The Labute approximate surface area is 137 Å². The third-order valence-corrected chi connectivity index (χ3v) is 3.90. The zero-order chi connectivity index (χ0) is 15.9. The van der Waals surface area contributed by atoms with Crippen LogP contribution in [-0.4, -0.2) is 17.8 Å². The first kappa shape index (κ1) is 15.8. The van der Waals surface area contributed by atoms with Crippen LogP contribution < -0.4 is 0 Å². The molecule has 0 radical (unpaired) electrons. The van der Waals surface area contributed by atoms with Crippen molar-refractivity contribution in [3.63, 3.8) is 0 Å². The van der Waals surface area contributed by atoms with E-state index in [9.17, 15) is 5.11 Å². The molecular formula is C20H22O3. The lowest BCUT2D eigenvalue weighted by Gasteiger charge is -2.28. The second-order valence-electron chi connectivity index (χ2n) is 5.74. The summed E-state index contributed by atoms with van der Waals surface area (Å²) in [5.74, 6) is 0.811. The van der Waals surface area contributed by atoms with Crippen LogP contribution in [0.15, 0.2) is 72.5 Å². The maximum atomic E-state index is 10.0. The summed E-state index contributed by atoms with van der Waals surface area (Å²) in [5.41, 5.74) is 2.26. The minimum atomic E-state index is -0.460. The standard InChI is InChI=1S/C20H22O3/c21-18-13-19(11-12-22-15-16-7-3-1-4-8-16)23-20(14-18)17-9-5-2-6-10-17/h1-10,13,18,20-21H,11-12,14-15H2/t18-,20+/m1/s1. The van der Waals surface area contributed by atoms with Gasteiger partial charge >= 0.3 is 0 Å². The molecular weight excluding hydrogens is 288 g/mol. The van der Waals surface area contributed by atoms with Crippen molar-refractivity contribution in [2.24, 2.45) is 0 Å². The molecule has 0 saturated carbocycles. The van der Waals surface area contributed by atoms with Gasteiger partial charge in [0.05, 0.1) is 25.1 Å².